The number of aldehydes is 1. The summed E-state index contributed by atoms with van der Waals surface area (Å²) >= 11 is 0.0197. The first-order chi connectivity index (χ1) is 4.43. The minimum Gasteiger partial charge on any atom is -0.306 e. The van der Waals surface area contributed by atoms with E-state index in [9.17, 15) is 4.79 Å². The van der Waals surface area contributed by atoms with Gasteiger partial charge >= 0.3 is 20.4 Å². The molecule has 1 rings (SSSR count). The van der Waals surface area contributed by atoms with Crippen molar-refractivity contribution in [2.75, 3.05) is 0 Å². The third kappa shape index (κ3) is 2.67. The Balaban J connectivity index is 2.04. The van der Waals surface area contributed by atoms with E-state index in [1.54, 1.807) is 0 Å². The second-order valence-electron chi connectivity index (χ2n) is 2.89. The molecule has 0 heterocycles. The minimum atomic E-state index is 0.0197. The van der Waals surface area contributed by atoms with Gasteiger partial charge in [0.2, 0.25) is 0 Å². The summed E-state index contributed by atoms with van der Waals surface area (Å²) in [5.41, 5.74) is 0. The summed E-state index contributed by atoms with van der Waals surface area (Å²) in [6, 6.07) is 0. The van der Waals surface area contributed by atoms with Gasteiger partial charge in [-0.25, -0.2) is 0 Å². The summed E-state index contributed by atoms with van der Waals surface area (Å²) in [5.74, 6) is 0. The van der Waals surface area contributed by atoms with Gasteiger partial charge in [-0.3, -0.25) is 0 Å². The van der Waals surface area contributed by atoms with Crippen LogP contribution in [0.25, 0.3) is 0 Å². The molecule has 0 saturated heterocycles. The van der Waals surface area contributed by atoms with Crippen molar-refractivity contribution in [3.05, 3.63) is 0 Å². The highest BCUT2D eigenvalue weighted by atomic mass is 24.5. The third-order valence-electron chi connectivity index (χ3n) is 2.17. The maximum Gasteiger partial charge on any atom is 0.379 e. The first-order valence-corrected chi connectivity index (χ1v) is 5.69. The largest absolute Gasteiger partial charge is 0.379 e. The van der Waals surface area contributed by atoms with Crippen molar-refractivity contribution in [1.29, 1.82) is 0 Å². The fourth-order valence-electron chi connectivity index (χ4n) is 1.60. The van der Waals surface area contributed by atoms with Crippen LogP contribution in [0.1, 0.15) is 25.7 Å². The molecule has 0 aliphatic heterocycles. The van der Waals surface area contributed by atoms with Gasteiger partial charge in [-0.1, -0.05) is 30.2 Å². The molecule has 0 spiro atoms. The van der Waals surface area contributed by atoms with Crippen LogP contribution in [-0.2, 0) is 4.79 Å². The van der Waals surface area contributed by atoms with Gasteiger partial charge in [0.1, 0.15) is 0 Å². The van der Waals surface area contributed by atoms with E-state index in [1.165, 1.54) is 25.7 Å². The van der Waals surface area contributed by atoms with E-state index in [2.05, 4.69) is 0 Å². The Hall–Kier alpha value is 0.436. The van der Waals surface area contributed by atoms with Crippen LogP contribution in [0.3, 0.4) is 0 Å². The summed E-state index contributed by atoms with van der Waals surface area (Å²) < 4.78 is 1.94. The fourth-order valence-corrected chi connectivity index (χ4v) is 3.36. The SMILES string of the molecule is O=C[CH2][Mg][CH]1CCCC1. The van der Waals surface area contributed by atoms with Crippen LogP contribution in [0.5, 0.6) is 0 Å². The quantitative estimate of drug-likeness (QED) is 0.426. The van der Waals surface area contributed by atoms with E-state index in [-0.39, 0.29) is 20.4 Å². The topological polar surface area (TPSA) is 17.1 Å². The van der Waals surface area contributed by atoms with E-state index < -0.39 is 0 Å². The molecule has 1 saturated carbocycles. The molecular weight excluding hydrogens is 124 g/mol. The summed E-state index contributed by atoms with van der Waals surface area (Å²) in [5, 5.41) is 0. The number of carbonyl (C=O) groups is 1. The molecule has 0 aromatic heterocycles. The van der Waals surface area contributed by atoms with Crippen LogP contribution in [0.15, 0.2) is 0 Å². The molecule has 0 bridgehead atoms. The predicted molar refractivity (Wildman–Crippen MR) is 38.8 cm³/mol. The molecule has 0 unspecified atom stereocenters. The van der Waals surface area contributed by atoms with Crippen LogP contribution in [0, 0.1) is 0 Å². The molecule has 1 aliphatic rings. The maximum atomic E-state index is 10.00. The first-order valence-electron chi connectivity index (χ1n) is 3.87. The molecule has 2 heteroatoms. The molecular formula is C7H12MgO. The Kier molecular flexibility index (Phi) is 3.59. The molecule has 0 aromatic carbocycles. The molecule has 1 aliphatic carbocycles. The molecule has 0 N–H and O–H groups in total. The normalized spacial score (nSPS) is 19.6. The lowest BCUT2D eigenvalue weighted by Crippen LogP contribution is -1.98. The van der Waals surface area contributed by atoms with Gasteiger partial charge in [0.05, 0.1) is 6.29 Å². The average molecular weight is 136 g/mol. The fraction of sp³-hybridized carbons (Fsp3) is 0.857. The van der Waals surface area contributed by atoms with Crippen LogP contribution < -0.4 is 0 Å². The Morgan fingerprint density at radius 1 is 1.44 bits per heavy atom. The van der Waals surface area contributed by atoms with Crippen molar-refractivity contribution in [2.45, 2.75) is 34.3 Å². The van der Waals surface area contributed by atoms with Gasteiger partial charge in [-0.05, 0) is 0 Å². The van der Waals surface area contributed by atoms with Crippen molar-refractivity contribution in [3.8, 4) is 0 Å². The highest BCUT2D eigenvalue weighted by Crippen LogP contribution is 2.29. The Labute approximate surface area is 65.9 Å². The zero-order chi connectivity index (χ0) is 6.53. The smallest absolute Gasteiger partial charge is 0.306 e. The van der Waals surface area contributed by atoms with Crippen LogP contribution in [0.4, 0.5) is 0 Å². The number of rotatable bonds is 3. The lowest BCUT2D eigenvalue weighted by Gasteiger charge is -2.00. The third-order valence-corrected chi connectivity index (χ3v) is 4.37. The standard InChI is InChI=1S/C5H9.C2H3O.Mg/c1-2-4-5-3-1;1-2-3;/h1H,2-5H2;2H,1H2;. The zero-order valence-corrected chi connectivity index (χ0v) is 7.22. The lowest BCUT2D eigenvalue weighted by atomic mass is 10.4. The maximum absolute atomic E-state index is 10.00. The Bertz CT molecular complexity index is 86.9. The van der Waals surface area contributed by atoms with E-state index >= 15 is 0 Å². The average Bonchev–Trinajstić information content (AvgIpc) is 2.34. The van der Waals surface area contributed by atoms with Gasteiger partial charge in [0.15, 0.2) is 0 Å². The van der Waals surface area contributed by atoms with E-state index in [0.29, 0.717) is 0 Å². The van der Waals surface area contributed by atoms with Crippen LogP contribution >= 0.6 is 0 Å². The van der Waals surface area contributed by atoms with Crippen molar-refractivity contribution in [2.24, 2.45) is 0 Å². The monoisotopic (exact) mass is 136 g/mol. The molecule has 0 aromatic rings. The van der Waals surface area contributed by atoms with Gasteiger partial charge in [-0.15, -0.1) is 4.05 Å². The summed E-state index contributed by atoms with van der Waals surface area (Å²) in [6.07, 6.45) is 6.82. The van der Waals surface area contributed by atoms with E-state index in [4.69, 9.17) is 0 Å². The minimum absolute atomic E-state index is 0.0197. The second kappa shape index (κ2) is 4.28. The van der Waals surface area contributed by atoms with Crippen LogP contribution in [-0.4, -0.2) is 26.7 Å². The zero-order valence-electron chi connectivity index (χ0n) is 5.81. The predicted octanol–water partition coefficient (Wildman–Crippen LogP) is 1.67. The highest BCUT2D eigenvalue weighted by molar-refractivity contribution is 6.41. The molecule has 0 radical (unpaired) electrons. The van der Waals surface area contributed by atoms with E-state index in [0.717, 1.165) is 14.9 Å². The van der Waals surface area contributed by atoms with Gasteiger partial charge in [0, 0.05) is 0 Å². The molecule has 0 atom stereocenters. The highest BCUT2D eigenvalue weighted by Gasteiger charge is 2.15. The van der Waals surface area contributed by atoms with Gasteiger partial charge < -0.3 is 4.79 Å². The van der Waals surface area contributed by atoms with Crippen LogP contribution in [0.2, 0.25) is 8.60 Å². The first kappa shape index (κ1) is 7.54. The number of hydrogen-bond acceptors (Lipinski definition) is 1. The van der Waals surface area contributed by atoms with E-state index in [1.807, 2.05) is 0 Å². The number of carbonyl (C=O) groups excluding carboxylic acids is 1. The molecule has 9 heavy (non-hydrogen) atoms. The summed E-state index contributed by atoms with van der Waals surface area (Å²) in [6.45, 7) is 0. The summed E-state index contributed by atoms with van der Waals surface area (Å²) in [7, 11) is 0. The van der Waals surface area contributed by atoms with Crippen molar-refractivity contribution >= 4 is 26.7 Å². The Morgan fingerprint density at radius 2 is 2.11 bits per heavy atom. The molecule has 1 nitrogen and oxygen atoms in total. The lowest BCUT2D eigenvalue weighted by molar-refractivity contribution is -0.106. The van der Waals surface area contributed by atoms with Crippen molar-refractivity contribution < 1.29 is 4.79 Å². The van der Waals surface area contributed by atoms with Gasteiger partial charge in [-0.2, -0.15) is 0 Å². The summed E-state index contributed by atoms with van der Waals surface area (Å²) in [4.78, 5) is 10.00. The second-order valence-corrected chi connectivity index (χ2v) is 5.20. The molecule has 1 fully saturated rings. The Morgan fingerprint density at radius 3 is 2.67 bits per heavy atom. The molecule has 0 amide bonds. The molecule has 48 valence electrons. The van der Waals surface area contributed by atoms with Gasteiger partial charge in [0.25, 0.3) is 0 Å². The number of hydrogen-bond donors (Lipinski definition) is 0. The van der Waals surface area contributed by atoms with Crippen molar-refractivity contribution in [3.63, 3.8) is 0 Å². The van der Waals surface area contributed by atoms with Crippen molar-refractivity contribution in [1.82, 2.24) is 0 Å².